The highest BCUT2D eigenvalue weighted by atomic mass is 16.5. The van der Waals surface area contributed by atoms with Crippen molar-refractivity contribution in [2.45, 2.75) is 39.3 Å². The van der Waals surface area contributed by atoms with Gasteiger partial charge in [0.25, 0.3) is 0 Å². The molecule has 0 saturated carbocycles. The number of benzene rings is 1. The second-order valence-corrected chi connectivity index (χ2v) is 5.90. The fraction of sp³-hybridized carbons (Fsp3) is 0.625. The van der Waals surface area contributed by atoms with Gasteiger partial charge < -0.3 is 15.0 Å². The molecule has 0 bridgehead atoms. The molecule has 0 aliphatic carbocycles. The van der Waals surface area contributed by atoms with Gasteiger partial charge in [-0.1, -0.05) is 25.1 Å². The average molecular weight is 262 g/mol. The van der Waals surface area contributed by atoms with Crippen LogP contribution in [0.15, 0.2) is 24.3 Å². The largest absolute Gasteiger partial charge is 0.380 e. The smallest absolute Gasteiger partial charge is 0.0641 e. The third-order valence-electron chi connectivity index (χ3n) is 3.53. The van der Waals surface area contributed by atoms with E-state index in [0.29, 0.717) is 0 Å². The maximum Gasteiger partial charge on any atom is 0.0641 e. The molecule has 1 aromatic carbocycles. The van der Waals surface area contributed by atoms with Crippen LogP contribution in [0.3, 0.4) is 0 Å². The Hall–Kier alpha value is -1.06. The summed E-state index contributed by atoms with van der Waals surface area (Å²) in [6.45, 7) is 11.2. The second kappa shape index (κ2) is 6.40. The number of rotatable bonds is 5. The van der Waals surface area contributed by atoms with Crippen molar-refractivity contribution in [1.82, 2.24) is 5.32 Å². The third-order valence-corrected chi connectivity index (χ3v) is 3.53. The van der Waals surface area contributed by atoms with E-state index in [9.17, 15) is 0 Å². The summed E-state index contributed by atoms with van der Waals surface area (Å²) < 4.78 is 5.65. The van der Waals surface area contributed by atoms with Gasteiger partial charge in [-0.15, -0.1) is 0 Å². The Balaban J connectivity index is 2.09. The molecular weight excluding hydrogens is 236 g/mol. The topological polar surface area (TPSA) is 24.5 Å². The van der Waals surface area contributed by atoms with Crippen molar-refractivity contribution in [3.05, 3.63) is 29.8 Å². The lowest BCUT2D eigenvalue weighted by Crippen LogP contribution is -2.47. The van der Waals surface area contributed by atoms with E-state index in [1.807, 2.05) is 0 Å². The minimum atomic E-state index is 0.129. The van der Waals surface area contributed by atoms with E-state index >= 15 is 0 Å². The van der Waals surface area contributed by atoms with E-state index in [2.05, 4.69) is 55.3 Å². The van der Waals surface area contributed by atoms with Crippen LogP contribution >= 0.6 is 0 Å². The minimum absolute atomic E-state index is 0.129. The summed E-state index contributed by atoms with van der Waals surface area (Å²) in [5.41, 5.74) is 2.85. The van der Waals surface area contributed by atoms with Crippen LogP contribution in [-0.2, 0) is 11.3 Å². The van der Waals surface area contributed by atoms with E-state index in [4.69, 9.17) is 4.74 Å². The molecule has 3 nitrogen and oxygen atoms in total. The summed E-state index contributed by atoms with van der Waals surface area (Å²) in [6, 6.07) is 8.67. The molecule has 1 aliphatic heterocycles. The first-order chi connectivity index (χ1) is 9.12. The molecule has 0 atom stereocenters. The molecule has 0 unspecified atom stereocenters. The van der Waals surface area contributed by atoms with E-state index in [1.54, 1.807) is 0 Å². The normalized spacial score (nSPS) is 17.9. The number of anilines is 1. The predicted molar refractivity (Wildman–Crippen MR) is 80.7 cm³/mol. The molecule has 106 valence electrons. The highest BCUT2D eigenvalue weighted by molar-refractivity contribution is 5.55. The first-order valence-corrected chi connectivity index (χ1v) is 7.28. The summed E-state index contributed by atoms with van der Waals surface area (Å²) in [4.78, 5) is 2.45. The molecule has 3 heteroatoms. The number of hydrogen-bond acceptors (Lipinski definition) is 3. The van der Waals surface area contributed by atoms with E-state index in [1.165, 1.54) is 11.3 Å². The Labute approximate surface area is 116 Å². The predicted octanol–water partition coefficient (Wildman–Crippen LogP) is 2.80. The summed E-state index contributed by atoms with van der Waals surface area (Å²) in [7, 11) is 0. The van der Waals surface area contributed by atoms with Crippen molar-refractivity contribution in [3.63, 3.8) is 0 Å². The van der Waals surface area contributed by atoms with Crippen molar-refractivity contribution in [2.75, 3.05) is 31.2 Å². The molecule has 1 aliphatic rings. The zero-order chi connectivity index (χ0) is 13.7. The number of ether oxygens (including phenoxy) is 1. The van der Waals surface area contributed by atoms with Gasteiger partial charge in [-0.2, -0.15) is 0 Å². The Morgan fingerprint density at radius 3 is 2.84 bits per heavy atom. The Kier molecular flexibility index (Phi) is 4.83. The van der Waals surface area contributed by atoms with E-state index < -0.39 is 0 Å². The van der Waals surface area contributed by atoms with Gasteiger partial charge in [0.1, 0.15) is 0 Å². The molecule has 1 aromatic rings. The van der Waals surface area contributed by atoms with Crippen molar-refractivity contribution in [2.24, 2.45) is 0 Å². The van der Waals surface area contributed by atoms with Crippen molar-refractivity contribution >= 4 is 5.69 Å². The average Bonchev–Trinajstić information content (AvgIpc) is 2.52. The Morgan fingerprint density at radius 2 is 2.05 bits per heavy atom. The maximum atomic E-state index is 5.65. The van der Waals surface area contributed by atoms with Crippen molar-refractivity contribution in [1.29, 1.82) is 0 Å². The van der Waals surface area contributed by atoms with Crippen LogP contribution < -0.4 is 10.2 Å². The van der Waals surface area contributed by atoms with E-state index in [-0.39, 0.29) is 5.54 Å². The van der Waals surface area contributed by atoms with Crippen LogP contribution in [0, 0.1) is 0 Å². The molecule has 1 N–H and O–H groups in total. The lowest BCUT2D eigenvalue weighted by molar-refractivity contribution is 0.140. The fourth-order valence-electron chi connectivity index (χ4n) is 2.54. The molecule has 0 spiro atoms. The van der Waals surface area contributed by atoms with Crippen LogP contribution in [0.4, 0.5) is 5.69 Å². The number of hydrogen-bond donors (Lipinski definition) is 1. The van der Waals surface area contributed by atoms with Gasteiger partial charge in [0.05, 0.1) is 6.61 Å². The molecule has 0 saturated heterocycles. The van der Waals surface area contributed by atoms with Gasteiger partial charge >= 0.3 is 0 Å². The highest BCUT2D eigenvalue weighted by Gasteiger charge is 2.26. The maximum absolute atomic E-state index is 5.65. The van der Waals surface area contributed by atoms with E-state index in [0.717, 1.165) is 39.3 Å². The second-order valence-electron chi connectivity index (χ2n) is 5.90. The Bertz CT molecular complexity index is 403. The summed E-state index contributed by atoms with van der Waals surface area (Å²) in [6.07, 6.45) is 1.09. The SMILES string of the molecule is CCCOCCN1CC(C)(C)NCc2ccccc21. The standard InChI is InChI=1S/C16H26N2O/c1-4-10-19-11-9-18-13-16(2,3)17-12-14-7-5-6-8-15(14)18/h5-8,17H,4,9-13H2,1-3H3. The summed E-state index contributed by atoms with van der Waals surface area (Å²) >= 11 is 0. The molecule has 2 rings (SSSR count). The Morgan fingerprint density at radius 1 is 1.26 bits per heavy atom. The minimum Gasteiger partial charge on any atom is -0.380 e. The summed E-state index contributed by atoms with van der Waals surface area (Å²) in [5, 5.41) is 3.63. The molecule has 19 heavy (non-hydrogen) atoms. The first kappa shape index (κ1) is 14.4. The molecule has 0 aromatic heterocycles. The molecule has 0 fully saturated rings. The van der Waals surface area contributed by atoms with Crippen molar-refractivity contribution < 1.29 is 4.74 Å². The lowest BCUT2D eigenvalue weighted by Gasteiger charge is -2.32. The molecule has 0 amide bonds. The molecule has 0 radical (unpaired) electrons. The lowest BCUT2D eigenvalue weighted by atomic mass is 10.1. The summed E-state index contributed by atoms with van der Waals surface area (Å²) in [5.74, 6) is 0. The number of nitrogens with zero attached hydrogens (tertiary/aromatic N) is 1. The first-order valence-electron chi connectivity index (χ1n) is 7.28. The van der Waals surface area contributed by atoms with Gasteiger partial charge in [0.15, 0.2) is 0 Å². The molecular formula is C16H26N2O. The van der Waals surface area contributed by atoms with Crippen LogP contribution in [0.25, 0.3) is 0 Å². The highest BCUT2D eigenvalue weighted by Crippen LogP contribution is 2.25. The van der Waals surface area contributed by atoms with Gasteiger partial charge in [-0.05, 0) is 31.9 Å². The van der Waals surface area contributed by atoms with Crippen LogP contribution in [0.1, 0.15) is 32.8 Å². The number of nitrogens with one attached hydrogen (secondary N) is 1. The third kappa shape index (κ3) is 3.95. The van der Waals surface area contributed by atoms with Crippen LogP contribution in [0.5, 0.6) is 0 Å². The number of fused-ring (bicyclic) bond motifs is 1. The number of para-hydroxylation sites is 1. The zero-order valence-corrected chi connectivity index (χ0v) is 12.4. The zero-order valence-electron chi connectivity index (χ0n) is 12.4. The van der Waals surface area contributed by atoms with Gasteiger partial charge in [0, 0.05) is 37.5 Å². The van der Waals surface area contributed by atoms with Crippen LogP contribution in [-0.4, -0.2) is 31.8 Å². The van der Waals surface area contributed by atoms with Crippen molar-refractivity contribution in [3.8, 4) is 0 Å². The monoisotopic (exact) mass is 262 g/mol. The van der Waals surface area contributed by atoms with Gasteiger partial charge in [-0.25, -0.2) is 0 Å². The van der Waals surface area contributed by atoms with Crippen LogP contribution in [0.2, 0.25) is 0 Å². The fourth-order valence-corrected chi connectivity index (χ4v) is 2.54. The van der Waals surface area contributed by atoms with Gasteiger partial charge in [-0.3, -0.25) is 0 Å². The molecule has 1 heterocycles. The quantitative estimate of drug-likeness (QED) is 0.826. The van der Waals surface area contributed by atoms with Gasteiger partial charge in [0.2, 0.25) is 0 Å².